The van der Waals surface area contributed by atoms with E-state index in [1.807, 2.05) is 55.5 Å². The van der Waals surface area contributed by atoms with Gasteiger partial charge in [-0.3, -0.25) is 14.0 Å². The minimum absolute atomic E-state index is 0.0520. The van der Waals surface area contributed by atoms with E-state index in [0.29, 0.717) is 24.8 Å². The number of carbonyl (C=O) groups is 1. The Labute approximate surface area is 144 Å². The van der Waals surface area contributed by atoms with Crippen molar-refractivity contribution < 1.29 is 9.00 Å². The van der Waals surface area contributed by atoms with E-state index in [0.717, 1.165) is 0 Å². The minimum atomic E-state index is -0.928. The monoisotopic (exact) mass is 346 g/mol. The van der Waals surface area contributed by atoms with E-state index < -0.39 is 10.8 Å². The highest BCUT2D eigenvalue weighted by molar-refractivity contribution is 7.86. The zero-order valence-electron chi connectivity index (χ0n) is 15.9. The number of hydrogen-bond acceptors (Lipinski definition) is 3. The highest BCUT2D eigenvalue weighted by Crippen LogP contribution is 2.10. The van der Waals surface area contributed by atoms with Crippen molar-refractivity contribution in [2.75, 3.05) is 32.4 Å². The third kappa shape index (κ3) is 10.3. The molecule has 1 unspecified atom stereocenters. The van der Waals surface area contributed by atoms with Gasteiger partial charge in [-0.05, 0) is 48.5 Å². The molecule has 1 amide bonds. The Morgan fingerprint density at radius 2 is 1.74 bits per heavy atom. The van der Waals surface area contributed by atoms with Crippen LogP contribution in [0, 0.1) is 0 Å². The summed E-state index contributed by atoms with van der Waals surface area (Å²) in [6.07, 6.45) is 0. The van der Waals surface area contributed by atoms with Crippen LogP contribution < -0.4 is 10.6 Å². The summed E-state index contributed by atoms with van der Waals surface area (Å²) in [5.74, 6) is 1.12. The van der Waals surface area contributed by atoms with Gasteiger partial charge in [0.2, 0.25) is 5.91 Å². The Kier molecular flexibility index (Phi) is 8.80. The van der Waals surface area contributed by atoms with Crippen molar-refractivity contribution in [2.24, 2.45) is 4.99 Å². The number of amides is 1. The molecule has 0 aromatic rings. The highest BCUT2D eigenvalue weighted by atomic mass is 32.2. The van der Waals surface area contributed by atoms with Crippen molar-refractivity contribution in [2.45, 2.75) is 58.8 Å². The highest BCUT2D eigenvalue weighted by Gasteiger charge is 2.19. The Balaban J connectivity index is 4.67. The van der Waals surface area contributed by atoms with E-state index in [1.165, 1.54) is 0 Å². The van der Waals surface area contributed by atoms with Crippen LogP contribution in [0.5, 0.6) is 0 Å². The van der Waals surface area contributed by atoms with E-state index in [-0.39, 0.29) is 22.7 Å². The van der Waals surface area contributed by atoms with Gasteiger partial charge in [0.15, 0.2) is 5.96 Å². The Morgan fingerprint density at radius 1 is 1.17 bits per heavy atom. The number of guanidine groups is 1. The smallest absolute Gasteiger partial charge is 0.240 e. The molecule has 0 aliphatic heterocycles. The number of nitrogens with zero attached hydrogens (tertiary/aromatic N) is 2. The second kappa shape index (κ2) is 9.25. The summed E-state index contributed by atoms with van der Waals surface area (Å²) < 4.78 is 11.8. The van der Waals surface area contributed by atoms with Crippen molar-refractivity contribution in [3.05, 3.63) is 0 Å². The third-order valence-corrected chi connectivity index (χ3v) is 4.73. The third-order valence-electron chi connectivity index (χ3n) is 2.81. The van der Waals surface area contributed by atoms with Crippen LogP contribution in [0.1, 0.15) is 48.5 Å². The normalized spacial score (nSPS) is 14.3. The largest absolute Gasteiger partial charge is 0.357 e. The molecule has 0 aromatic heterocycles. The Morgan fingerprint density at radius 3 is 2.17 bits per heavy atom. The Bertz CT molecular complexity index is 436. The van der Waals surface area contributed by atoms with E-state index >= 15 is 0 Å². The van der Waals surface area contributed by atoms with Crippen molar-refractivity contribution in [3.8, 4) is 0 Å². The van der Waals surface area contributed by atoms with Gasteiger partial charge in [0, 0.05) is 40.4 Å². The van der Waals surface area contributed by atoms with Gasteiger partial charge in [-0.25, -0.2) is 0 Å². The van der Waals surface area contributed by atoms with Gasteiger partial charge in [0.25, 0.3) is 0 Å². The molecule has 136 valence electrons. The first-order chi connectivity index (χ1) is 10.4. The summed E-state index contributed by atoms with van der Waals surface area (Å²) in [5.41, 5.74) is -0.253. The molecule has 0 aromatic carbocycles. The maximum atomic E-state index is 12.1. The molecular weight excluding hydrogens is 312 g/mol. The van der Waals surface area contributed by atoms with E-state index in [1.54, 1.807) is 4.90 Å². The fraction of sp³-hybridized carbons (Fsp3) is 0.875. The summed E-state index contributed by atoms with van der Waals surface area (Å²) in [6, 6.07) is 0. The predicted molar refractivity (Wildman–Crippen MR) is 99.3 cm³/mol. The zero-order chi connectivity index (χ0) is 18.3. The van der Waals surface area contributed by atoms with Crippen LogP contribution in [0.2, 0.25) is 0 Å². The van der Waals surface area contributed by atoms with E-state index in [9.17, 15) is 9.00 Å². The van der Waals surface area contributed by atoms with Gasteiger partial charge in [0.05, 0.1) is 13.1 Å². The van der Waals surface area contributed by atoms with E-state index in [4.69, 9.17) is 0 Å². The van der Waals surface area contributed by atoms with Gasteiger partial charge in [-0.1, -0.05) is 0 Å². The van der Waals surface area contributed by atoms with Gasteiger partial charge in [-0.2, -0.15) is 0 Å². The maximum absolute atomic E-state index is 12.1. The van der Waals surface area contributed by atoms with Gasteiger partial charge < -0.3 is 15.5 Å². The van der Waals surface area contributed by atoms with Crippen molar-refractivity contribution in [3.63, 3.8) is 0 Å². The first kappa shape index (κ1) is 21.9. The lowest BCUT2D eigenvalue weighted by atomic mass is 10.1. The SMILES string of the molecule is CCNC(=NCCS(=O)C(C)(C)C)N(C)CC(=O)NC(C)(C)C. The molecular formula is C16H34N4O2S. The molecule has 6 nitrogen and oxygen atoms in total. The van der Waals surface area contributed by atoms with Crippen LogP contribution in [0.25, 0.3) is 0 Å². The number of likely N-dealkylation sites (N-methyl/N-ethyl adjacent to an activating group) is 1. The molecule has 0 heterocycles. The molecule has 1 atom stereocenters. The lowest BCUT2D eigenvalue weighted by Crippen LogP contribution is -2.48. The Hall–Kier alpha value is -1.11. The van der Waals surface area contributed by atoms with Crippen molar-refractivity contribution in [1.82, 2.24) is 15.5 Å². The standard InChI is InChI=1S/C16H34N4O2S/c1-9-17-14(18-10-11-23(22)16(5,6)7)20(8)12-13(21)19-15(2,3)4/h9-12H2,1-8H3,(H,17,18)(H,19,21). The molecule has 0 aliphatic carbocycles. The molecule has 0 aliphatic rings. The fourth-order valence-electron chi connectivity index (χ4n) is 1.76. The quantitative estimate of drug-likeness (QED) is 0.562. The minimum Gasteiger partial charge on any atom is -0.357 e. The maximum Gasteiger partial charge on any atom is 0.240 e. The second-order valence-corrected chi connectivity index (χ2v) is 9.88. The lowest BCUT2D eigenvalue weighted by molar-refractivity contribution is -0.122. The van der Waals surface area contributed by atoms with Crippen LogP contribution >= 0.6 is 0 Å². The van der Waals surface area contributed by atoms with Gasteiger partial charge in [0.1, 0.15) is 0 Å². The number of rotatable bonds is 6. The molecule has 2 N–H and O–H groups in total. The molecule has 0 radical (unpaired) electrons. The van der Waals surface area contributed by atoms with Crippen LogP contribution in [0.15, 0.2) is 4.99 Å². The topological polar surface area (TPSA) is 73.8 Å². The van der Waals surface area contributed by atoms with Gasteiger partial charge in [-0.15, -0.1) is 0 Å². The van der Waals surface area contributed by atoms with Crippen LogP contribution in [0.4, 0.5) is 0 Å². The summed E-state index contributed by atoms with van der Waals surface area (Å²) >= 11 is 0. The average Bonchev–Trinajstić information content (AvgIpc) is 2.33. The molecule has 0 rings (SSSR count). The summed E-state index contributed by atoms with van der Waals surface area (Å²) in [4.78, 5) is 18.3. The number of nitrogens with one attached hydrogen (secondary N) is 2. The molecule has 0 saturated carbocycles. The molecule has 7 heteroatoms. The van der Waals surface area contributed by atoms with Crippen LogP contribution in [-0.2, 0) is 15.6 Å². The summed E-state index contributed by atoms with van der Waals surface area (Å²) in [5, 5.41) is 6.09. The molecule has 0 saturated heterocycles. The lowest BCUT2D eigenvalue weighted by Gasteiger charge is -2.25. The van der Waals surface area contributed by atoms with Gasteiger partial charge >= 0.3 is 0 Å². The number of hydrogen-bond donors (Lipinski definition) is 2. The van der Waals surface area contributed by atoms with Crippen LogP contribution in [0.3, 0.4) is 0 Å². The molecule has 0 fully saturated rings. The first-order valence-corrected chi connectivity index (χ1v) is 9.37. The van der Waals surface area contributed by atoms with Crippen molar-refractivity contribution >= 4 is 22.7 Å². The molecule has 0 spiro atoms. The summed E-state index contributed by atoms with van der Waals surface area (Å²) in [7, 11) is 0.896. The molecule has 0 bridgehead atoms. The number of aliphatic imine (C=N–C) groups is 1. The summed E-state index contributed by atoms with van der Waals surface area (Å²) in [6.45, 7) is 15.1. The fourth-order valence-corrected chi connectivity index (χ4v) is 2.63. The zero-order valence-corrected chi connectivity index (χ0v) is 16.8. The first-order valence-electron chi connectivity index (χ1n) is 8.05. The second-order valence-electron chi connectivity index (χ2n) is 7.55. The number of carbonyl (C=O) groups excluding carboxylic acids is 1. The van der Waals surface area contributed by atoms with Crippen LogP contribution in [-0.4, -0.2) is 63.7 Å². The van der Waals surface area contributed by atoms with Crippen molar-refractivity contribution in [1.29, 1.82) is 0 Å². The van der Waals surface area contributed by atoms with E-state index in [2.05, 4.69) is 15.6 Å². The predicted octanol–water partition coefficient (Wildman–Crippen LogP) is 1.35. The molecule has 23 heavy (non-hydrogen) atoms. The average molecular weight is 347 g/mol.